The lowest BCUT2D eigenvalue weighted by molar-refractivity contribution is 0.0443. The van der Waals surface area contributed by atoms with Gasteiger partial charge in [-0.1, -0.05) is 37.3 Å². The molecule has 1 amide bonds. The van der Waals surface area contributed by atoms with Crippen molar-refractivity contribution in [1.82, 2.24) is 15.5 Å². The normalized spacial score (nSPS) is 13.4. The van der Waals surface area contributed by atoms with Gasteiger partial charge in [-0.25, -0.2) is 18.0 Å². The molecule has 0 aliphatic rings. The number of rotatable bonds is 10. The molecule has 39 heavy (non-hydrogen) atoms. The van der Waals surface area contributed by atoms with Gasteiger partial charge in [-0.05, 0) is 57.9 Å². The van der Waals surface area contributed by atoms with Gasteiger partial charge >= 0.3 is 12.1 Å². The number of aromatic carboxylic acids is 1. The zero-order valence-electron chi connectivity index (χ0n) is 22.9. The summed E-state index contributed by atoms with van der Waals surface area (Å²) in [5.74, 6) is -1.23. The van der Waals surface area contributed by atoms with Crippen LogP contribution in [0.5, 0.6) is 0 Å². The molecule has 3 rings (SSSR count). The van der Waals surface area contributed by atoms with E-state index in [4.69, 9.17) is 9.15 Å². The summed E-state index contributed by atoms with van der Waals surface area (Å²) in [6.45, 7) is 8.93. The number of sulfonamides is 1. The van der Waals surface area contributed by atoms with Crippen molar-refractivity contribution in [3.63, 3.8) is 0 Å². The van der Waals surface area contributed by atoms with E-state index in [1.54, 1.807) is 27.7 Å². The van der Waals surface area contributed by atoms with Crippen molar-refractivity contribution in [3.8, 4) is 11.5 Å². The minimum absolute atomic E-state index is 0.0374. The van der Waals surface area contributed by atoms with E-state index in [0.29, 0.717) is 6.42 Å². The molecule has 0 saturated carbocycles. The fourth-order valence-electron chi connectivity index (χ4n) is 3.96. The number of ether oxygens (including phenoxy) is 1. The number of carbonyl (C=O) groups is 2. The minimum atomic E-state index is -3.69. The summed E-state index contributed by atoms with van der Waals surface area (Å²) in [4.78, 5) is 24.6. The maximum absolute atomic E-state index is 12.8. The van der Waals surface area contributed by atoms with Crippen molar-refractivity contribution in [2.24, 2.45) is 0 Å². The number of aromatic nitrogens is 2. The lowest BCUT2D eigenvalue weighted by Crippen LogP contribution is -2.47. The van der Waals surface area contributed by atoms with Crippen molar-refractivity contribution < 1.29 is 32.3 Å². The van der Waals surface area contributed by atoms with E-state index in [2.05, 4.69) is 15.5 Å². The largest absolute Gasteiger partial charge is 0.478 e. The molecule has 12 heteroatoms. The van der Waals surface area contributed by atoms with E-state index >= 15 is 0 Å². The molecule has 1 heterocycles. The van der Waals surface area contributed by atoms with Crippen LogP contribution in [0.1, 0.15) is 62.9 Å². The van der Waals surface area contributed by atoms with Gasteiger partial charge in [0, 0.05) is 18.5 Å². The zero-order chi connectivity index (χ0) is 29.0. The Morgan fingerprint density at radius 1 is 1.08 bits per heavy atom. The van der Waals surface area contributed by atoms with Gasteiger partial charge in [-0.3, -0.25) is 4.31 Å². The fourth-order valence-corrected chi connectivity index (χ4v) is 4.96. The second-order valence-electron chi connectivity index (χ2n) is 10.4. The molecule has 0 saturated heterocycles. The number of benzene rings is 2. The summed E-state index contributed by atoms with van der Waals surface area (Å²) in [5.41, 5.74) is -0.820. The van der Waals surface area contributed by atoms with Crippen LogP contribution in [-0.2, 0) is 26.7 Å². The number of amides is 1. The maximum atomic E-state index is 12.8. The Hall–Kier alpha value is -3.93. The Balaban J connectivity index is 2.08. The Kier molecular flexibility index (Phi) is 8.69. The molecule has 1 unspecified atom stereocenters. The van der Waals surface area contributed by atoms with Crippen molar-refractivity contribution in [2.45, 2.75) is 58.6 Å². The number of nitrogens with one attached hydrogen (secondary N) is 1. The number of nitrogens with zero attached hydrogens (tertiary/aromatic N) is 3. The number of hydrogen-bond acceptors (Lipinski definition) is 8. The average Bonchev–Trinajstić information content (AvgIpc) is 3.32. The number of anilines is 1. The third-order valence-electron chi connectivity index (χ3n) is 5.60. The molecule has 0 radical (unpaired) electrons. The van der Waals surface area contributed by atoms with Gasteiger partial charge in [0.05, 0.1) is 17.5 Å². The van der Waals surface area contributed by atoms with Crippen LogP contribution in [0, 0.1) is 0 Å². The number of carbonyl (C=O) groups excluding carboxylic acids is 1. The fraction of sp³-hybridized carbons (Fsp3) is 0.407. The second-order valence-corrected chi connectivity index (χ2v) is 12.3. The number of alkyl carbamates (subject to hydrolysis) is 1. The predicted octanol–water partition coefficient (Wildman–Crippen LogP) is 4.59. The Labute approximate surface area is 228 Å². The molecular formula is C27H34N4O7S. The maximum Gasteiger partial charge on any atom is 0.408 e. The highest BCUT2D eigenvalue weighted by atomic mass is 32.2. The monoisotopic (exact) mass is 558 g/mol. The molecule has 3 aromatic rings. The first-order chi connectivity index (χ1) is 18.1. The van der Waals surface area contributed by atoms with E-state index in [0.717, 1.165) is 16.1 Å². The number of carboxylic acid groups (broad SMARTS) is 1. The van der Waals surface area contributed by atoms with Crippen molar-refractivity contribution in [1.29, 1.82) is 0 Å². The molecule has 0 spiro atoms. The summed E-state index contributed by atoms with van der Waals surface area (Å²) in [7, 11) is -3.69. The van der Waals surface area contributed by atoms with Gasteiger partial charge in [-0.2, -0.15) is 0 Å². The van der Waals surface area contributed by atoms with Crippen LogP contribution in [0.15, 0.2) is 52.9 Å². The van der Waals surface area contributed by atoms with Gasteiger partial charge in [0.1, 0.15) is 11.1 Å². The molecule has 0 aliphatic carbocycles. The van der Waals surface area contributed by atoms with E-state index in [1.165, 1.54) is 18.2 Å². The van der Waals surface area contributed by atoms with E-state index in [1.807, 2.05) is 37.3 Å². The molecule has 0 fully saturated rings. The summed E-state index contributed by atoms with van der Waals surface area (Å²) < 4.78 is 37.5. The van der Waals surface area contributed by atoms with Gasteiger partial charge in [0.25, 0.3) is 0 Å². The highest BCUT2D eigenvalue weighted by Crippen LogP contribution is 2.31. The predicted molar refractivity (Wildman–Crippen MR) is 146 cm³/mol. The third-order valence-corrected chi connectivity index (χ3v) is 6.80. The molecule has 1 aromatic heterocycles. The molecule has 0 bridgehead atoms. The lowest BCUT2D eigenvalue weighted by Gasteiger charge is -2.29. The van der Waals surface area contributed by atoms with Crippen LogP contribution in [0.4, 0.5) is 10.5 Å². The molecule has 2 N–H and O–H groups in total. The first-order valence-corrected chi connectivity index (χ1v) is 14.2. The molecule has 210 valence electrons. The Morgan fingerprint density at radius 3 is 2.31 bits per heavy atom. The molecular weight excluding hydrogens is 524 g/mol. The molecule has 11 nitrogen and oxygen atoms in total. The van der Waals surface area contributed by atoms with Crippen LogP contribution < -0.4 is 9.62 Å². The SMILES string of the molecule is CCCN(c1cc(C(=O)O)cc(-c2nnc(C(C)(Cc3ccccc3)NC(=O)OC(C)(C)C)o2)c1)S(C)(=O)=O. The first kappa shape index (κ1) is 29.6. The van der Waals surface area contributed by atoms with Gasteiger partial charge in [0.2, 0.25) is 21.8 Å². The number of carboxylic acids is 1. The van der Waals surface area contributed by atoms with Crippen molar-refractivity contribution in [2.75, 3.05) is 17.1 Å². The van der Waals surface area contributed by atoms with E-state index < -0.39 is 33.2 Å². The van der Waals surface area contributed by atoms with Crippen LogP contribution in [0.3, 0.4) is 0 Å². The van der Waals surface area contributed by atoms with Gasteiger partial charge in [0.15, 0.2) is 0 Å². The summed E-state index contributed by atoms with van der Waals surface area (Å²) in [6, 6.07) is 13.5. The lowest BCUT2D eigenvalue weighted by atomic mass is 9.92. The van der Waals surface area contributed by atoms with Crippen LogP contribution >= 0.6 is 0 Å². The highest BCUT2D eigenvalue weighted by Gasteiger charge is 2.37. The molecule has 0 aliphatic heterocycles. The molecule has 1 atom stereocenters. The van der Waals surface area contributed by atoms with E-state index in [-0.39, 0.29) is 41.6 Å². The highest BCUT2D eigenvalue weighted by molar-refractivity contribution is 7.92. The number of hydrogen-bond donors (Lipinski definition) is 2. The van der Waals surface area contributed by atoms with Gasteiger partial charge < -0.3 is 19.6 Å². The quantitative estimate of drug-likeness (QED) is 0.364. The van der Waals surface area contributed by atoms with Crippen molar-refractivity contribution >= 4 is 27.8 Å². The second kappa shape index (κ2) is 11.4. The Morgan fingerprint density at radius 2 is 1.74 bits per heavy atom. The standard InChI is InChI=1S/C27H34N4O7S/c1-7-13-31(39(6,35)36)21-15-19(14-20(16-21)23(32)33)22-29-30-24(37-22)27(5,17-18-11-9-8-10-12-18)28-25(34)38-26(2,3)4/h8-12,14-16H,7,13,17H2,1-6H3,(H,28,34)(H,32,33). The minimum Gasteiger partial charge on any atom is -0.478 e. The van der Waals surface area contributed by atoms with Crippen LogP contribution in [-0.4, -0.2) is 54.2 Å². The van der Waals surface area contributed by atoms with Crippen molar-refractivity contribution in [3.05, 3.63) is 65.5 Å². The smallest absolute Gasteiger partial charge is 0.408 e. The summed E-state index contributed by atoms with van der Waals surface area (Å²) in [6.07, 6.45) is 1.17. The third kappa shape index (κ3) is 7.79. The summed E-state index contributed by atoms with van der Waals surface area (Å²) in [5, 5.41) is 20.8. The van der Waals surface area contributed by atoms with Gasteiger partial charge in [-0.15, -0.1) is 10.2 Å². The summed E-state index contributed by atoms with van der Waals surface area (Å²) >= 11 is 0. The topological polar surface area (TPSA) is 152 Å². The van der Waals surface area contributed by atoms with Crippen LogP contribution in [0.25, 0.3) is 11.5 Å². The molecule has 2 aromatic carbocycles. The first-order valence-electron chi connectivity index (χ1n) is 12.4. The van der Waals surface area contributed by atoms with Crippen LogP contribution in [0.2, 0.25) is 0 Å². The average molecular weight is 559 g/mol. The zero-order valence-corrected chi connectivity index (χ0v) is 23.7. The van der Waals surface area contributed by atoms with E-state index in [9.17, 15) is 23.1 Å². The Bertz CT molecular complexity index is 1430.